The highest BCUT2D eigenvalue weighted by atomic mass is 35.5. The van der Waals surface area contributed by atoms with Gasteiger partial charge >= 0.3 is 0 Å². The molecule has 1 amide bonds. The monoisotopic (exact) mass is 346 g/mol. The minimum Gasteiger partial charge on any atom is -0.383 e. The molecule has 0 bridgehead atoms. The molecule has 1 aliphatic carbocycles. The molecule has 0 heterocycles. The number of benzene rings is 1. The lowest BCUT2D eigenvalue weighted by Crippen LogP contribution is -2.47. The van der Waals surface area contributed by atoms with Crippen molar-refractivity contribution in [1.29, 1.82) is 0 Å². The summed E-state index contributed by atoms with van der Waals surface area (Å²) in [6.45, 7) is 1.59. The Bertz CT molecular complexity index is 477. The molecule has 2 N–H and O–H groups in total. The summed E-state index contributed by atoms with van der Waals surface area (Å²) in [5.74, 6) is 0.0213. The number of carbonyl (C=O) groups excluding carboxylic acids is 1. The van der Waals surface area contributed by atoms with E-state index in [1.807, 2.05) is 18.2 Å². The van der Waals surface area contributed by atoms with Crippen LogP contribution < -0.4 is 10.6 Å². The summed E-state index contributed by atoms with van der Waals surface area (Å²) in [5, 5.41) is 7.00. The van der Waals surface area contributed by atoms with Crippen molar-refractivity contribution >= 4 is 29.9 Å². The Labute approximate surface area is 143 Å². The molecule has 1 fully saturated rings. The Morgan fingerprint density at radius 1 is 1.36 bits per heavy atom. The second-order valence-electron chi connectivity index (χ2n) is 5.52. The van der Waals surface area contributed by atoms with Crippen LogP contribution in [0.2, 0.25) is 5.02 Å². The highest BCUT2D eigenvalue weighted by molar-refractivity contribution is 6.30. The molecule has 0 radical (unpaired) electrons. The second-order valence-corrected chi connectivity index (χ2v) is 5.95. The summed E-state index contributed by atoms with van der Waals surface area (Å²) in [6, 6.07) is 7.82. The number of carbonyl (C=O) groups is 1. The average molecular weight is 347 g/mol. The number of rotatable bonds is 7. The molecule has 2 rings (SSSR count). The van der Waals surface area contributed by atoms with Crippen molar-refractivity contribution in [3.63, 3.8) is 0 Å². The maximum atomic E-state index is 12.2. The number of hydrogen-bond donors (Lipinski definition) is 2. The van der Waals surface area contributed by atoms with Gasteiger partial charge in [0.05, 0.1) is 18.7 Å². The van der Waals surface area contributed by atoms with Gasteiger partial charge in [0.25, 0.3) is 0 Å². The van der Waals surface area contributed by atoms with E-state index in [2.05, 4.69) is 16.7 Å². The molecule has 0 unspecified atom stereocenters. The molecule has 0 saturated heterocycles. The van der Waals surface area contributed by atoms with Gasteiger partial charge in [0.15, 0.2) is 0 Å². The highest BCUT2D eigenvalue weighted by Crippen LogP contribution is 2.39. The lowest BCUT2D eigenvalue weighted by atomic mass is 9.88. The van der Waals surface area contributed by atoms with Gasteiger partial charge in [-0.3, -0.25) is 4.79 Å². The van der Waals surface area contributed by atoms with Gasteiger partial charge in [0.1, 0.15) is 0 Å². The third kappa shape index (κ3) is 5.13. The van der Waals surface area contributed by atoms with E-state index in [-0.39, 0.29) is 23.9 Å². The van der Waals surface area contributed by atoms with Crippen LogP contribution >= 0.6 is 24.0 Å². The standard InChI is InChI=1S/C16H23ClN2O2.ClH/c1-21-10-9-18-12-15(20)19-16(7-2-3-8-16)13-5-4-6-14(17)11-13;/h4-6,11,18H,2-3,7-10,12H2,1H3,(H,19,20);1H. The van der Waals surface area contributed by atoms with Crippen LogP contribution in [0.5, 0.6) is 0 Å². The molecule has 1 saturated carbocycles. The smallest absolute Gasteiger partial charge is 0.234 e. The van der Waals surface area contributed by atoms with E-state index in [1.54, 1.807) is 7.11 Å². The van der Waals surface area contributed by atoms with E-state index in [1.165, 1.54) is 0 Å². The number of hydrogen-bond acceptors (Lipinski definition) is 3. The maximum absolute atomic E-state index is 12.2. The third-order valence-corrected chi connectivity index (χ3v) is 4.22. The Kier molecular flexibility index (Phi) is 8.18. The Morgan fingerprint density at radius 3 is 2.73 bits per heavy atom. The van der Waals surface area contributed by atoms with Crippen molar-refractivity contribution in [2.45, 2.75) is 31.2 Å². The molecule has 0 spiro atoms. The largest absolute Gasteiger partial charge is 0.383 e. The summed E-state index contributed by atoms with van der Waals surface area (Å²) in [5.41, 5.74) is 0.850. The van der Waals surface area contributed by atoms with Gasteiger partial charge in [-0.15, -0.1) is 12.4 Å². The van der Waals surface area contributed by atoms with Gasteiger partial charge in [0, 0.05) is 18.7 Å². The second kappa shape index (κ2) is 9.36. The lowest BCUT2D eigenvalue weighted by Gasteiger charge is -2.31. The molecule has 0 atom stereocenters. The van der Waals surface area contributed by atoms with Crippen LogP contribution in [0.4, 0.5) is 0 Å². The fraction of sp³-hybridized carbons (Fsp3) is 0.562. The van der Waals surface area contributed by atoms with Crippen molar-refractivity contribution in [1.82, 2.24) is 10.6 Å². The summed E-state index contributed by atoms with van der Waals surface area (Å²) < 4.78 is 4.95. The van der Waals surface area contributed by atoms with Crippen LogP contribution in [0.15, 0.2) is 24.3 Å². The summed E-state index contributed by atoms with van der Waals surface area (Å²) in [7, 11) is 1.65. The van der Waals surface area contributed by atoms with Gasteiger partial charge < -0.3 is 15.4 Å². The quantitative estimate of drug-likeness (QED) is 0.746. The van der Waals surface area contributed by atoms with Crippen LogP contribution in [0, 0.1) is 0 Å². The van der Waals surface area contributed by atoms with Gasteiger partial charge in [-0.25, -0.2) is 0 Å². The molecular weight excluding hydrogens is 323 g/mol. The summed E-state index contributed by atoms with van der Waals surface area (Å²) >= 11 is 6.10. The number of amides is 1. The van der Waals surface area contributed by atoms with Crippen molar-refractivity contribution in [2.75, 3.05) is 26.8 Å². The van der Waals surface area contributed by atoms with Gasteiger partial charge in [-0.2, -0.15) is 0 Å². The molecule has 0 aliphatic heterocycles. The van der Waals surface area contributed by atoms with Crippen LogP contribution in [0.1, 0.15) is 31.2 Å². The third-order valence-electron chi connectivity index (χ3n) is 3.98. The fourth-order valence-electron chi connectivity index (χ4n) is 2.94. The maximum Gasteiger partial charge on any atom is 0.234 e. The zero-order chi connectivity index (χ0) is 15.1. The molecule has 124 valence electrons. The minimum absolute atomic E-state index is 0. The number of methoxy groups -OCH3 is 1. The van der Waals surface area contributed by atoms with Crippen LogP contribution in [-0.4, -0.2) is 32.7 Å². The van der Waals surface area contributed by atoms with E-state index < -0.39 is 0 Å². The lowest BCUT2D eigenvalue weighted by molar-refractivity contribution is -0.122. The van der Waals surface area contributed by atoms with E-state index in [4.69, 9.17) is 16.3 Å². The molecular formula is C16H24Cl2N2O2. The Hall–Kier alpha value is -0.810. The first-order valence-electron chi connectivity index (χ1n) is 7.43. The molecule has 1 aromatic carbocycles. The highest BCUT2D eigenvalue weighted by Gasteiger charge is 2.36. The summed E-state index contributed by atoms with van der Waals surface area (Å²) in [6.07, 6.45) is 4.20. The van der Waals surface area contributed by atoms with Gasteiger partial charge in [-0.05, 0) is 30.5 Å². The van der Waals surface area contributed by atoms with Crippen LogP contribution in [-0.2, 0) is 15.1 Å². The zero-order valence-electron chi connectivity index (χ0n) is 12.9. The van der Waals surface area contributed by atoms with Crippen molar-refractivity contribution in [2.24, 2.45) is 0 Å². The minimum atomic E-state index is -0.259. The predicted octanol–water partition coefficient (Wildman–Crippen LogP) is 2.88. The molecule has 6 heteroatoms. The average Bonchev–Trinajstić information content (AvgIpc) is 2.93. The Morgan fingerprint density at radius 2 is 2.09 bits per heavy atom. The molecule has 1 aliphatic rings. The summed E-state index contributed by atoms with van der Waals surface area (Å²) in [4.78, 5) is 12.2. The van der Waals surface area contributed by atoms with Gasteiger partial charge in [-0.1, -0.05) is 36.6 Å². The normalized spacial score (nSPS) is 16.1. The van der Waals surface area contributed by atoms with E-state index in [0.717, 1.165) is 31.2 Å². The molecule has 4 nitrogen and oxygen atoms in total. The molecule has 0 aromatic heterocycles. The first-order valence-corrected chi connectivity index (χ1v) is 7.81. The predicted molar refractivity (Wildman–Crippen MR) is 91.7 cm³/mol. The topological polar surface area (TPSA) is 50.4 Å². The van der Waals surface area contributed by atoms with E-state index in [9.17, 15) is 4.79 Å². The van der Waals surface area contributed by atoms with E-state index >= 15 is 0 Å². The first kappa shape index (κ1) is 19.2. The zero-order valence-corrected chi connectivity index (χ0v) is 14.4. The van der Waals surface area contributed by atoms with Gasteiger partial charge in [0.2, 0.25) is 5.91 Å². The van der Waals surface area contributed by atoms with Crippen LogP contribution in [0.25, 0.3) is 0 Å². The first-order chi connectivity index (χ1) is 10.2. The van der Waals surface area contributed by atoms with E-state index in [0.29, 0.717) is 24.7 Å². The fourth-order valence-corrected chi connectivity index (χ4v) is 3.13. The number of nitrogens with one attached hydrogen (secondary N) is 2. The van der Waals surface area contributed by atoms with Crippen LogP contribution in [0.3, 0.4) is 0 Å². The number of ether oxygens (including phenoxy) is 1. The van der Waals surface area contributed by atoms with Crippen molar-refractivity contribution in [3.8, 4) is 0 Å². The molecule has 22 heavy (non-hydrogen) atoms. The Balaban J connectivity index is 0.00000242. The SMILES string of the molecule is COCCNCC(=O)NC1(c2cccc(Cl)c2)CCCC1.Cl. The van der Waals surface area contributed by atoms with Crippen molar-refractivity contribution in [3.05, 3.63) is 34.9 Å². The van der Waals surface area contributed by atoms with Crippen molar-refractivity contribution < 1.29 is 9.53 Å². The molecule has 1 aromatic rings. The number of halogens is 2.